The van der Waals surface area contributed by atoms with Gasteiger partial charge in [0.1, 0.15) is 0 Å². The molecule has 2 nitrogen and oxygen atoms in total. The van der Waals surface area contributed by atoms with Crippen molar-refractivity contribution in [3.8, 4) is 0 Å². The van der Waals surface area contributed by atoms with E-state index < -0.39 is 0 Å². The van der Waals surface area contributed by atoms with E-state index in [9.17, 15) is 0 Å². The molecule has 2 heteroatoms. The van der Waals surface area contributed by atoms with Gasteiger partial charge in [-0.25, -0.2) is 0 Å². The summed E-state index contributed by atoms with van der Waals surface area (Å²) in [4.78, 5) is 4.27. The first-order valence-electron chi connectivity index (χ1n) is 7.94. The molecule has 1 heterocycles. The maximum Gasteiger partial charge on any atom is 0.0531 e. The Bertz CT molecular complexity index is 326. The highest BCUT2D eigenvalue weighted by Gasteiger charge is 2.08. The Morgan fingerprint density at radius 3 is 2.16 bits per heavy atom. The van der Waals surface area contributed by atoms with E-state index in [1.165, 1.54) is 62.6 Å². The molecule has 1 N–H and O–H groups in total. The fourth-order valence-electron chi connectivity index (χ4n) is 2.44. The van der Waals surface area contributed by atoms with Gasteiger partial charge in [-0.2, -0.15) is 0 Å². The summed E-state index contributed by atoms with van der Waals surface area (Å²) in [5.74, 6) is 0. The van der Waals surface area contributed by atoms with Crippen molar-refractivity contribution >= 4 is 5.69 Å². The molecule has 0 spiro atoms. The van der Waals surface area contributed by atoms with Gasteiger partial charge in [-0.1, -0.05) is 52.4 Å². The van der Waals surface area contributed by atoms with E-state index in [4.69, 9.17) is 0 Å². The minimum Gasteiger partial charge on any atom is -0.381 e. The molecule has 1 rings (SSSR count). The van der Waals surface area contributed by atoms with E-state index in [0.717, 1.165) is 0 Å². The molecule has 0 aliphatic heterocycles. The lowest BCUT2D eigenvalue weighted by molar-refractivity contribution is 0.526. The van der Waals surface area contributed by atoms with Crippen molar-refractivity contribution in [2.75, 3.05) is 5.32 Å². The molecule has 0 atom stereocenters. The molecule has 0 radical (unpaired) electrons. The molecule has 0 amide bonds. The second kappa shape index (κ2) is 9.82. The number of hydrogen-bond acceptors (Lipinski definition) is 2. The lowest BCUT2D eigenvalue weighted by Crippen LogP contribution is -2.19. The summed E-state index contributed by atoms with van der Waals surface area (Å²) in [6.45, 7) is 6.63. The van der Waals surface area contributed by atoms with Crippen molar-refractivity contribution in [3.05, 3.63) is 24.0 Å². The van der Waals surface area contributed by atoms with Crippen LogP contribution in [0.3, 0.4) is 0 Å². The Morgan fingerprint density at radius 1 is 1.00 bits per heavy atom. The van der Waals surface area contributed by atoms with Gasteiger partial charge in [0.2, 0.25) is 0 Å². The first-order valence-corrected chi connectivity index (χ1v) is 7.94. The van der Waals surface area contributed by atoms with Crippen molar-refractivity contribution in [1.82, 2.24) is 4.98 Å². The molecule has 108 valence electrons. The van der Waals surface area contributed by atoms with Crippen molar-refractivity contribution in [1.29, 1.82) is 0 Å². The van der Waals surface area contributed by atoms with E-state index >= 15 is 0 Å². The highest BCUT2D eigenvalue weighted by molar-refractivity contribution is 5.43. The number of aromatic nitrogens is 1. The Hall–Kier alpha value is -1.05. The maximum atomic E-state index is 4.27. The normalized spacial score (nSPS) is 10.9. The Morgan fingerprint density at radius 2 is 1.63 bits per heavy atom. The van der Waals surface area contributed by atoms with E-state index in [1.54, 1.807) is 0 Å². The summed E-state index contributed by atoms with van der Waals surface area (Å²) >= 11 is 0. The molecule has 0 fully saturated rings. The smallest absolute Gasteiger partial charge is 0.0531 e. The van der Waals surface area contributed by atoms with Crippen LogP contribution >= 0.6 is 0 Å². The first-order chi connectivity index (χ1) is 9.26. The Labute approximate surface area is 119 Å². The third-order valence-electron chi connectivity index (χ3n) is 3.56. The summed E-state index contributed by atoms with van der Waals surface area (Å²) in [7, 11) is 0. The van der Waals surface area contributed by atoms with Crippen molar-refractivity contribution in [2.45, 2.75) is 78.2 Å². The number of unbranched alkanes of at least 4 members (excludes halogenated alkanes) is 4. The van der Waals surface area contributed by atoms with E-state index in [2.05, 4.69) is 37.1 Å². The van der Waals surface area contributed by atoms with Gasteiger partial charge in [0.15, 0.2) is 0 Å². The highest BCUT2D eigenvalue weighted by Crippen LogP contribution is 2.17. The summed E-state index contributed by atoms with van der Waals surface area (Å²) in [5.41, 5.74) is 2.41. The number of nitrogens with zero attached hydrogens (tertiary/aromatic N) is 1. The zero-order chi connectivity index (χ0) is 13.9. The fraction of sp³-hybridized carbons (Fsp3) is 0.706. The van der Waals surface area contributed by atoms with Crippen molar-refractivity contribution in [3.63, 3.8) is 0 Å². The summed E-state index contributed by atoms with van der Waals surface area (Å²) in [6, 6.07) is 2.81. The van der Waals surface area contributed by atoms with Crippen LogP contribution in [0.1, 0.15) is 70.8 Å². The molecular weight excluding hydrogens is 232 g/mol. The molecule has 0 aliphatic carbocycles. The van der Waals surface area contributed by atoms with E-state index in [1.807, 2.05) is 12.4 Å². The average molecular weight is 262 g/mol. The van der Waals surface area contributed by atoms with Crippen LogP contribution in [0.25, 0.3) is 0 Å². The predicted octanol–water partition coefficient (Wildman–Crippen LogP) is 5.33. The number of anilines is 1. The van der Waals surface area contributed by atoms with Crippen molar-refractivity contribution in [2.24, 2.45) is 0 Å². The van der Waals surface area contributed by atoms with Crippen LogP contribution in [-0.4, -0.2) is 11.0 Å². The van der Waals surface area contributed by atoms with Gasteiger partial charge >= 0.3 is 0 Å². The molecule has 19 heavy (non-hydrogen) atoms. The maximum absolute atomic E-state index is 4.27. The quantitative estimate of drug-likeness (QED) is 0.576. The van der Waals surface area contributed by atoms with Crippen LogP contribution in [0.15, 0.2) is 18.5 Å². The topological polar surface area (TPSA) is 24.9 Å². The molecular formula is C17H30N2. The van der Waals surface area contributed by atoms with E-state index in [0.29, 0.717) is 6.04 Å². The molecule has 0 saturated heterocycles. The SMILES string of the molecule is CCCCCC(CCCCC)Nc1cncc(C)c1. The van der Waals surface area contributed by atoms with Gasteiger partial charge in [0.25, 0.3) is 0 Å². The second-order valence-electron chi connectivity index (χ2n) is 5.58. The minimum absolute atomic E-state index is 0.613. The van der Waals surface area contributed by atoms with Gasteiger partial charge < -0.3 is 5.32 Å². The fourth-order valence-corrected chi connectivity index (χ4v) is 2.44. The van der Waals surface area contributed by atoms with Gasteiger partial charge in [-0.05, 0) is 31.4 Å². The Balaban J connectivity index is 2.46. The molecule has 0 aliphatic rings. The van der Waals surface area contributed by atoms with Crippen LogP contribution in [0.5, 0.6) is 0 Å². The number of hydrogen-bond donors (Lipinski definition) is 1. The predicted molar refractivity (Wildman–Crippen MR) is 84.7 cm³/mol. The number of aryl methyl sites for hydroxylation is 1. The molecule has 1 aromatic heterocycles. The third-order valence-corrected chi connectivity index (χ3v) is 3.56. The molecule has 0 saturated carbocycles. The van der Waals surface area contributed by atoms with Gasteiger partial charge in [0, 0.05) is 18.4 Å². The van der Waals surface area contributed by atoms with Gasteiger partial charge in [-0.15, -0.1) is 0 Å². The van der Waals surface area contributed by atoms with Crippen LogP contribution in [0, 0.1) is 6.92 Å². The number of nitrogens with one attached hydrogen (secondary N) is 1. The number of pyridine rings is 1. The summed E-state index contributed by atoms with van der Waals surface area (Å²) in [5, 5.41) is 3.68. The third kappa shape index (κ3) is 7.19. The largest absolute Gasteiger partial charge is 0.381 e. The zero-order valence-electron chi connectivity index (χ0n) is 12.9. The van der Waals surface area contributed by atoms with Crippen LogP contribution < -0.4 is 5.32 Å². The monoisotopic (exact) mass is 262 g/mol. The highest BCUT2D eigenvalue weighted by atomic mass is 14.9. The lowest BCUT2D eigenvalue weighted by atomic mass is 10.0. The van der Waals surface area contributed by atoms with Gasteiger partial charge in [-0.3, -0.25) is 4.98 Å². The van der Waals surface area contributed by atoms with Crippen LogP contribution in [-0.2, 0) is 0 Å². The van der Waals surface area contributed by atoms with Crippen LogP contribution in [0.4, 0.5) is 5.69 Å². The second-order valence-corrected chi connectivity index (χ2v) is 5.58. The summed E-state index contributed by atoms with van der Waals surface area (Å²) < 4.78 is 0. The Kier molecular flexibility index (Phi) is 8.28. The standard InChI is InChI=1S/C17H30N2/c1-4-6-8-10-16(11-9-7-5-2)19-17-12-15(3)13-18-14-17/h12-14,16,19H,4-11H2,1-3H3. The average Bonchev–Trinajstić information content (AvgIpc) is 2.39. The minimum atomic E-state index is 0.613. The van der Waals surface area contributed by atoms with Crippen molar-refractivity contribution < 1.29 is 0 Å². The lowest BCUT2D eigenvalue weighted by Gasteiger charge is -2.20. The van der Waals surface area contributed by atoms with Gasteiger partial charge in [0.05, 0.1) is 5.69 Å². The molecule has 1 aromatic rings. The zero-order valence-corrected chi connectivity index (χ0v) is 12.9. The summed E-state index contributed by atoms with van der Waals surface area (Å²) in [6.07, 6.45) is 14.4. The molecule has 0 aromatic carbocycles. The molecule has 0 unspecified atom stereocenters. The van der Waals surface area contributed by atoms with E-state index in [-0.39, 0.29) is 0 Å². The first kappa shape index (κ1) is 16.0. The van der Waals surface area contributed by atoms with Crippen LogP contribution in [0.2, 0.25) is 0 Å². The number of rotatable bonds is 10. The molecule has 0 bridgehead atoms.